The van der Waals surface area contributed by atoms with E-state index in [1.54, 1.807) is 0 Å². The van der Waals surface area contributed by atoms with E-state index in [1.165, 1.54) is 25.7 Å². The molecule has 1 rings (SSSR count). The van der Waals surface area contributed by atoms with Gasteiger partial charge >= 0.3 is 0 Å². The third-order valence-electron chi connectivity index (χ3n) is 2.02. The second kappa shape index (κ2) is 3.50. The lowest BCUT2D eigenvalue weighted by Gasteiger charge is -2.24. The highest BCUT2D eigenvalue weighted by Crippen LogP contribution is 2.32. The first kappa shape index (κ1) is 7.46. The molecule has 0 aromatic heterocycles. The first-order valence-electron chi connectivity index (χ1n) is 3.98. The van der Waals surface area contributed by atoms with Crippen molar-refractivity contribution >= 4 is 11.8 Å². The molecule has 0 radical (unpaired) electrons. The second-order valence-electron chi connectivity index (χ2n) is 2.91. The quantitative estimate of drug-likeness (QED) is 0.545. The van der Waals surface area contributed by atoms with Crippen molar-refractivity contribution in [1.82, 2.24) is 0 Å². The molecule has 1 fully saturated rings. The van der Waals surface area contributed by atoms with E-state index in [2.05, 4.69) is 25.6 Å². The average Bonchev–Trinajstić information content (AvgIpc) is 1.88. The molecule has 0 aromatic rings. The maximum Gasteiger partial charge on any atom is 0.00471 e. The molecule has 0 bridgehead atoms. The van der Waals surface area contributed by atoms with Gasteiger partial charge in [0.15, 0.2) is 0 Å². The van der Waals surface area contributed by atoms with Gasteiger partial charge in [0, 0.05) is 10.5 Å². The van der Waals surface area contributed by atoms with E-state index >= 15 is 0 Å². The molecule has 1 heteroatoms. The van der Waals surface area contributed by atoms with Crippen LogP contribution in [0.3, 0.4) is 0 Å². The van der Waals surface area contributed by atoms with Gasteiger partial charge in [-0.05, 0) is 19.3 Å². The molecule has 1 aliphatic rings. The van der Waals surface area contributed by atoms with Crippen LogP contribution in [0, 0.1) is 0 Å². The van der Waals surface area contributed by atoms with Crippen LogP contribution in [0.25, 0.3) is 0 Å². The minimum atomic E-state index is 0.934. The van der Waals surface area contributed by atoms with Crippen molar-refractivity contribution in [3.8, 4) is 0 Å². The Bertz CT molecular complexity index is 80.6. The number of hydrogen-bond acceptors (Lipinski definition) is 1. The maximum absolute atomic E-state index is 2.35. The average molecular weight is 144 g/mol. The largest absolute Gasteiger partial charge is 0.155 e. The van der Waals surface area contributed by atoms with Crippen LogP contribution < -0.4 is 0 Å². The molecular weight excluding hydrogens is 128 g/mol. The van der Waals surface area contributed by atoms with Gasteiger partial charge in [0.2, 0.25) is 0 Å². The molecule has 0 spiro atoms. The molecular formula is C8H16S. The lowest BCUT2D eigenvalue weighted by Crippen LogP contribution is -2.13. The van der Waals surface area contributed by atoms with Crippen molar-refractivity contribution in [3.05, 3.63) is 0 Å². The van der Waals surface area contributed by atoms with Crippen molar-refractivity contribution in [2.75, 3.05) is 0 Å². The summed E-state index contributed by atoms with van der Waals surface area (Å²) < 4.78 is 0. The molecule has 0 N–H and O–H groups in total. The Balaban J connectivity index is 2.23. The van der Waals surface area contributed by atoms with Crippen LogP contribution in [0.1, 0.15) is 39.5 Å². The van der Waals surface area contributed by atoms with Gasteiger partial charge in [-0.1, -0.05) is 20.3 Å². The van der Waals surface area contributed by atoms with E-state index in [1.807, 2.05) is 0 Å². The standard InChI is InChI=1S/C8H16S/c1-3-8-6-4-5-7(2)9-8/h7-8H,3-6H2,1-2H3. The van der Waals surface area contributed by atoms with Gasteiger partial charge in [0.1, 0.15) is 0 Å². The van der Waals surface area contributed by atoms with Crippen molar-refractivity contribution in [3.63, 3.8) is 0 Å². The highest BCUT2D eigenvalue weighted by Gasteiger charge is 2.16. The summed E-state index contributed by atoms with van der Waals surface area (Å²) in [6.07, 6.45) is 5.74. The smallest absolute Gasteiger partial charge is 0.00471 e. The van der Waals surface area contributed by atoms with Crippen LogP contribution in [-0.4, -0.2) is 10.5 Å². The fourth-order valence-electron chi connectivity index (χ4n) is 1.40. The Morgan fingerprint density at radius 2 is 2.22 bits per heavy atom. The van der Waals surface area contributed by atoms with E-state index in [0.717, 1.165) is 10.5 Å². The predicted molar refractivity (Wildman–Crippen MR) is 45.0 cm³/mol. The van der Waals surface area contributed by atoms with Crippen molar-refractivity contribution in [2.45, 2.75) is 50.0 Å². The summed E-state index contributed by atoms with van der Waals surface area (Å²) in [6.45, 7) is 4.65. The second-order valence-corrected chi connectivity index (χ2v) is 4.65. The summed E-state index contributed by atoms with van der Waals surface area (Å²) >= 11 is 2.19. The SMILES string of the molecule is CCC1CCCC(C)S1. The molecule has 0 aliphatic carbocycles. The molecule has 2 atom stereocenters. The Morgan fingerprint density at radius 1 is 1.44 bits per heavy atom. The third kappa shape index (κ3) is 2.21. The lowest BCUT2D eigenvalue weighted by molar-refractivity contribution is 0.610. The van der Waals surface area contributed by atoms with Crippen molar-refractivity contribution < 1.29 is 0 Å². The summed E-state index contributed by atoms with van der Waals surface area (Å²) in [5.74, 6) is 0. The maximum atomic E-state index is 2.35. The van der Waals surface area contributed by atoms with Crippen molar-refractivity contribution in [2.24, 2.45) is 0 Å². The number of thioether (sulfide) groups is 1. The molecule has 1 saturated heterocycles. The Labute approximate surface area is 62.4 Å². The lowest BCUT2D eigenvalue weighted by atomic mass is 10.1. The molecule has 1 aliphatic heterocycles. The highest BCUT2D eigenvalue weighted by molar-refractivity contribution is 8.00. The molecule has 0 aromatic carbocycles. The summed E-state index contributed by atoms with van der Waals surface area (Å²) in [4.78, 5) is 0. The minimum Gasteiger partial charge on any atom is -0.155 e. The number of hydrogen-bond donors (Lipinski definition) is 0. The van der Waals surface area contributed by atoms with Gasteiger partial charge in [0.25, 0.3) is 0 Å². The van der Waals surface area contributed by atoms with E-state index in [9.17, 15) is 0 Å². The van der Waals surface area contributed by atoms with Crippen LogP contribution in [0.5, 0.6) is 0 Å². The zero-order chi connectivity index (χ0) is 6.69. The van der Waals surface area contributed by atoms with Gasteiger partial charge in [-0.2, -0.15) is 11.8 Å². The van der Waals surface area contributed by atoms with Gasteiger partial charge < -0.3 is 0 Å². The Kier molecular flexibility index (Phi) is 2.90. The normalized spacial score (nSPS) is 36.7. The third-order valence-corrected chi connectivity index (χ3v) is 3.67. The molecule has 2 unspecified atom stereocenters. The van der Waals surface area contributed by atoms with Crippen LogP contribution in [0.4, 0.5) is 0 Å². The first-order valence-corrected chi connectivity index (χ1v) is 4.92. The van der Waals surface area contributed by atoms with Crippen LogP contribution in [-0.2, 0) is 0 Å². The van der Waals surface area contributed by atoms with Crippen LogP contribution in [0.2, 0.25) is 0 Å². The summed E-state index contributed by atoms with van der Waals surface area (Å²) in [5.41, 5.74) is 0. The monoisotopic (exact) mass is 144 g/mol. The zero-order valence-electron chi connectivity index (χ0n) is 6.39. The van der Waals surface area contributed by atoms with Gasteiger partial charge in [-0.25, -0.2) is 0 Å². The van der Waals surface area contributed by atoms with E-state index < -0.39 is 0 Å². The molecule has 54 valence electrons. The fraction of sp³-hybridized carbons (Fsp3) is 1.00. The Hall–Kier alpha value is 0.350. The fourth-order valence-corrected chi connectivity index (χ4v) is 2.85. The summed E-state index contributed by atoms with van der Waals surface area (Å²) in [5, 5.41) is 1.91. The zero-order valence-corrected chi connectivity index (χ0v) is 7.21. The predicted octanol–water partition coefficient (Wildman–Crippen LogP) is 3.07. The van der Waals surface area contributed by atoms with E-state index in [4.69, 9.17) is 0 Å². The molecule has 0 amide bonds. The Morgan fingerprint density at radius 3 is 2.67 bits per heavy atom. The molecule has 1 heterocycles. The topological polar surface area (TPSA) is 0 Å². The molecule has 0 saturated carbocycles. The van der Waals surface area contributed by atoms with E-state index in [-0.39, 0.29) is 0 Å². The van der Waals surface area contributed by atoms with Gasteiger partial charge in [-0.3, -0.25) is 0 Å². The number of rotatable bonds is 1. The van der Waals surface area contributed by atoms with Crippen molar-refractivity contribution in [1.29, 1.82) is 0 Å². The molecule has 9 heavy (non-hydrogen) atoms. The first-order chi connectivity index (χ1) is 4.33. The van der Waals surface area contributed by atoms with E-state index in [0.29, 0.717) is 0 Å². The van der Waals surface area contributed by atoms with Crippen LogP contribution >= 0.6 is 11.8 Å². The van der Waals surface area contributed by atoms with Crippen LogP contribution in [0.15, 0.2) is 0 Å². The molecule has 0 nitrogen and oxygen atoms in total. The summed E-state index contributed by atoms with van der Waals surface area (Å²) in [7, 11) is 0. The minimum absolute atomic E-state index is 0.934. The highest BCUT2D eigenvalue weighted by atomic mass is 32.2. The summed E-state index contributed by atoms with van der Waals surface area (Å²) in [6, 6.07) is 0. The van der Waals surface area contributed by atoms with Gasteiger partial charge in [0.05, 0.1) is 0 Å². The van der Waals surface area contributed by atoms with Gasteiger partial charge in [-0.15, -0.1) is 0 Å².